The molecule has 4 atom stereocenters. The molecule has 47 heavy (non-hydrogen) atoms. The lowest BCUT2D eigenvalue weighted by Gasteiger charge is -2.39. The second kappa shape index (κ2) is 14.8. The average molecular weight is 660 g/mol. The zero-order valence-corrected chi connectivity index (χ0v) is 25.9. The number of rotatable bonds is 10. The van der Waals surface area contributed by atoms with Crippen molar-refractivity contribution in [1.82, 2.24) is 15.1 Å². The van der Waals surface area contributed by atoms with Crippen molar-refractivity contribution < 1.29 is 41.3 Å². The molecule has 0 unspecified atom stereocenters. The minimum atomic E-state index is -2.33. The highest BCUT2D eigenvalue weighted by molar-refractivity contribution is 5.94. The summed E-state index contributed by atoms with van der Waals surface area (Å²) in [4.78, 5) is 17.5. The van der Waals surface area contributed by atoms with Crippen molar-refractivity contribution in [1.29, 1.82) is 0 Å². The first-order chi connectivity index (χ1) is 22.7. The predicted molar refractivity (Wildman–Crippen MR) is 163 cm³/mol. The Morgan fingerprint density at radius 2 is 1.38 bits per heavy atom. The third-order valence-corrected chi connectivity index (χ3v) is 9.36. The molecule has 1 amide bonds. The third kappa shape index (κ3) is 7.52. The second-order valence-corrected chi connectivity index (χ2v) is 12.5. The zero-order chi connectivity index (χ0) is 33.1. The fraction of sp³-hybridized carbons (Fsp3) is 0.457. The Bertz CT molecular complexity index is 1520. The van der Waals surface area contributed by atoms with Gasteiger partial charge in [-0.2, -0.15) is 0 Å². The molecule has 7 nitrogen and oxygen atoms in total. The molecule has 12 heteroatoms. The summed E-state index contributed by atoms with van der Waals surface area (Å²) < 4.78 is 81.7. The van der Waals surface area contributed by atoms with Gasteiger partial charge in [0, 0.05) is 37.7 Å². The number of nitrogens with one attached hydrogen (secondary N) is 1. The molecule has 3 saturated heterocycles. The average Bonchev–Trinajstić information content (AvgIpc) is 3.78. The van der Waals surface area contributed by atoms with Crippen LogP contribution in [0.15, 0.2) is 48.5 Å². The van der Waals surface area contributed by atoms with Crippen LogP contribution in [0.25, 0.3) is 0 Å². The molecule has 2 N–H and O–H groups in total. The summed E-state index contributed by atoms with van der Waals surface area (Å²) in [6, 6.07) is 15.0. The number of likely N-dealkylation sites (tertiary alicyclic amines) is 2. The van der Waals surface area contributed by atoms with E-state index in [1.165, 1.54) is 12.8 Å². The van der Waals surface area contributed by atoms with E-state index in [0.717, 1.165) is 62.3 Å². The number of amides is 1. The second-order valence-electron chi connectivity index (χ2n) is 12.5. The SMILES string of the molecule is O=C(NCc1ccc([C@@H]2O[C@H](CN3CCC[C@H]3CN3CCCC3)C[C@H](c3ccc(CO)cc3)O2)cc1)c1c(F)c(F)c(F)c(F)c1F. The minimum Gasteiger partial charge on any atom is -0.392 e. The van der Waals surface area contributed by atoms with Gasteiger partial charge in [0.15, 0.2) is 29.6 Å². The summed E-state index contributed by atoms with van der Waals surface area (Å²) in [6.07, 6.45) is 4.41. The van der Waals surface area contributed by atoms with E-state index >= 15 is 0 Å². The summed E-state index contributed by atoms with van der Waals surface area (Å²) in [6.45, 7) is 4.89. The van der Waals surface area contributed by atoms with Crippen LogP contribution >= 0.6 is 0 Å². The Morgan fingerprint density at radius 1 is 0.766 bits per heavy atom. The van der Waals surface area contributed by atoms with Crippen LogP contribution in [0.3, 0.4) is 0 Å². The quantitative estimate of drug-likeness (QED) is 0.160. The molecule has 3 aromatic carbocycles. The molecule has 0 aliphatic carbocycles. The number of nitrogens with zero attached hydrogens (tertiary/aromatic N) is 2. The van der Waals surface area contributed by atoms with Gasteiger partial charge in [0.25, 0.3) is 5.91 Å². The van der Waals surface area contributed by atoms with Gasteiger partial charge in [0.05, 0.1) is 18.8 Å². The summed E-state index contributed by atoms with van der Waals surface area (Å²) in [5, 5.41) is 11.7. The van der Waals surface area contributed by atoms with Crippen LogP contribution in [0.1, 0.15) is 77.1 Å². The van der Waals surface area contributed by atoms with E-state index in [9.17, 15) is 31.9 Å². The van der Waals surface area contributed by atoms with Crippen molar-refractivity contribution >= 4 is 5.91 Å². The molecular formula is C35H38F5N3O4. The number of hydrogen-bond acceptors (Lipinski definition) is 6. The molecule has 3 fully saturated rings. The number of aliphatic hydroxyl groups is 1. The molecule has 0 spiro atoms. The number of hydrogen-bond donors (Lipinski definition) is 2. The lowest BCUT2D eigenvalue weighted by atomic mass is 9.99. The van der Waals surface area contributed by atoms with E-state index in [4.69, 9.17) is 9.47 Å². The number of aliphatic hydroxyl groups excluding tert-OH is 1. The molecular weight excluding hydrogens is 621 g/mol. The number of carbonyl (C=O) groups is 1. The summed E-state index contributed by atoms with van der Waals surface area (Å²) in [5.74, 6) is -12.5. The monoisotopic (exact) mass is 659 g/mol. The number of carbonyl (C=O) groups excluding carboxylic acids is 1. The Morgan fingerprint density at radius 3 is 2.04 bits per heavy atom. The van der Waals surface area contributed by atoms with Gasteiger partial charge in [0.2, 0.25) is 5.82 Å². The summed E-state index contributed by atoms with van der Waals surface area (Å²) >= 11 is 0. The van der Waals surface area contributed by atoms with Gasteiger partial charge in [-0.15, -0.1) is 0 Å². The van der Waals surface area contributed by atoms with Gasteiger partial charge in [-0.25, -0.2) is 22.0 Å². The van der Waals surface area contributed by atoms with Crippen LogP contribution in [0.2, 0.25) is 0 Å². The Labute approximate surface area is 270 Å². The molecule has 0 aromatic heterocycles. The molecule has 0 radical (unpaired) electrons. The van der Waals surface area contributed by atoms with Crippen LogP contribution in [0.5, 0.6) is 0 Å². The Balaban J connectivity index is 1.15. The molecule has 3 aromatic rings. The van der Waals surface area contributed by atoms with Gasteiger partial charge >= 0.3 is 0 Å². The van der Waals surface area contributed by atoms with E-state index in [2.05, 4.69) is 15.1 Å². The van der Waals surface area contributed by atoms with E-state index in [1.54, 1.807) is 24.3 Å². The largest absolute Gasteiger partial charge is 0.392 e. The van der Waals surface area contributed by atoms with E-state index in [1.807, 2.05) is 24.3 Å². The molecule has 0 saturated carbocycles. The van der Waals surface area contributed by atoms with Crippen molar-refractivity contribution in [2.45, 2.75) is 69.8 Å². The van der Waals surface area contributed by atoms with E-state index < -0.39 is 46.8 Å². The maximum absolute atomic E-state index is 14.1. The van der Waals surface area contributed by atoms with Gasteiger partial charge in [-0.05, 0) is 62.0 Å². The third-order valence-electron chi connectivity index (χ3n) is 9.36. The van der Waals surface area contributed by atoms with Crippen molar-refractivity contribution in [2.24, 2.45) is 0 Å². The number of halogens is 5. The van der Waals surface area contributed by atoms with Crippen molar-refractivity contribution in [3.63, 3.8) is 0 Å². The Hall–Kier alpha value is -3.42. The smallest absolute Gasteiger partial charge is 0.257 e. The maximum Gasteiger partial charge on any atom is 0.257 e. The first-order valence-electron chi connectivity index (χ1n) is 16.1. The van der Waals surface area contributed by atoms with Gasteiger partial charge < -0.3 is 24.8 Å². The number of benzene rings is 3. The first-order valence-corrected chi connectivity index (χ1v) is 16.1. The highest BCUT2D eigenvalue weighted by Crippen LogP contribution is 2.39. The highest BCUT2D eigenvalue weighted by atomic mass is 19.2. The number of ether oxygens (including phenoxy) is 2. The van der Waals surface area contributed by atoms with Gasteiger partial charge in [-0.3, -0.25) is 9.69 Å². The molecule has 252 valence electrons. The Kier molecular flexibility index (Phi) is 10.5. The summed E-state index contributed by atoms with van der Waals surface area (Å²) in [5.41, 5.74) is 1.49. The maximum atomic E-state index is 14.1. The van der Waals surface area contributed by atoms with Crippen LogP contribution in [0.4, 0.5) is 22.0 Å². The molecule has 3 aliphatic rings. The van der Waals surface area contributed by atoms with E-state index in [-0.39, 0.29) is 25.4 Å². The first kappa shape index (κ1) is 33.5. The fourth-order valence-electron chi connectivity index (χ4n) is 6.77. The summed E-state index contributed by atoms with van der Waals surface area (Å²) in [7, 11) is 0. The molecule has 3 aliphatic heterocycles. The van der Waals surface area contributed by atoms with Crippen LogP contribution in [0, 0.1) is 29.1 Å². The topological polar surface area (TPSA) is 74.3 Å². The zero-order valence-electron chi connectivity index (χ0n) is 25.9. The predicted octanol–water partition coefficient (Wildman–Crippen LogP) is 5.91. The van der Waals surface area contributed by atoms with E-state index in [0.29, 0.717) is 18.0 Å². The standard InChI is InChI=1S/C35H38F5N3O4/c36-29-28(30(37)32(39)33(40)31(29)38)34(45)41-17-21-5-11-24(12-6-21)35-46-26(16-27(47-35)23-9-7-22(20-44)8-10-23)19-43-15-3-4-25(43)18-42-13-1-2-14-42/h5-12,25-27,35,44H,1-4,13-20H2,(H,41,45)/t25-,26-,27+,35+/m0/s1. The molecule has 3 heterocycles. The van der Waals surface area contributed by atoms with Gasteiger partial charge in [-0.1, -0.05) is 48.5 Å². The van der Waals surface area contributed by atoms with Crippen molar-refractivity contribution in [3.05, 3.63) is 105 Å². The molecule has 0 bridgehead atoms. The van der Waals surface area contributed by atoms with Crippen molar-refractivity contribution in [2.75, 3.05) is 32.7 Å². The van der Waals surface area contributed by atoms with Crippen LogP contribution in [-0.4, -0.2) is 65.7 Å². The lowest BCUT2D eigenvalue weighted by molar-refractivity contribution is -0.253. The van der Waals surface area contributed by atoms with Crippen LogP contribution < -0.4 is 5.32 Å². The van der Waals surface area contributed by atoms with Crippen molar-refractivity contribution in [3.8, 4) is 0 Å². The highest BCUT2D eigenvalue weighted by Gasteiger charge is 2.36. The normalized spacial score (nSPS) is 23.8. The molecule has 6 rings (SSSR count). The lowest BCUT2D eigenvalue weighted by Crippen LogP contribution is -2.45. The minimum absolute atomic E-state index is 0.0537. The van der Waals surface area contributed by atoms with Crippen LogP contribution in [-0.2, 0) is 22.6 Å². The van der Waals surface area contributed by atoms with Gasteiger partial charge in [0.1, 0.15) is 5.56 Å². The fourth-order valence-corrected chi connectivity index (χ4v) is 6.77.